The number of likely N-dealkylation sites (tertiary alicyclic amines) is 1. The molecule has 0 atom stereocenters. The van der Waals surface area contributed by atoms with Gasteiger partial charge in [-0.3, -0.25) is 9.69 Å². The first kappa shape index (κ1) is 25.2. The number of rotatable bonds is 8. The first-order valence-corrected chi connectivity index (χ1v) is 14.1. The third-order valence-electron chi connectivity index (χ3n) is 7.14. The van der Waals surface area contributed by atoms with Crippen LogP contribution in [0, 0.1) is 6.92 Å². The second-order valence-corrected chi connectivity index (χ2v) is 10.7. The van der Waals surface area contributed by atoms with Crippen LogP contribution in [0.25, 0.3) is 17.1 Å². The van der Waals surface area contributed by atoms with Gasteiger partial charge in [0.1, 0.15) is 0 Å². The van der Waals surface area contributed by atoms with Gasteiger partial charge in [0.25, 0.3) is 5.91 Å². The van der Waals surface area contributed by atoms with E-state index in [1.807, 2.05) is 58.9 Å². The molecule has 0 unspecified atom stereocenters. The van der Waals surface area contributed by atoms with E-state index in [1.54, 1.807) is 11.6 Å². The number of aromatic nitrogens is 4. The van der Waals surface area contributed by atoms with E-state index in [0.717, 1.165) is 55.0 Å². The Hall–Kier alpha value is -4.08. The first-order valence-electron chi connectivity index (χ1n) is 13.2. The maximum atomic E-state index is 13.7. The number of carbonyl (C=O) groups is 1. The molecular formula is C30H30N6O2S. The van der Waals surface area contributed by atoms with Gasteiger partial charge in [-0.1, -0.05) is 42.5 Å². The topological polar surface area (TPSA) is 80.3 Å². The van der Waals surface area contributed by atoms with E-state index < -0.39 is 0 Å². The predicted molar refractivity (Wildman–Crippen MR) is 152 cm³/mol. The van der Waals surface area contributed by atoms with Crippen molar-refractivity contribution in [3.8, 4) is 17.1 Å². The minimum absolute atomic E-state index is 0.00747. The molecule has 5 aromatic rings. The molecule has 0 saturated carbocycles. The zero-order valence-electron chi connectivity index (χ0n) is 21.8. The van der Waals surface area contributed by atoms with Crippen molar-refractivity contribution in [2.75, 3.05) is 24.5 Å². The van der Waals surface area contributed by atoms with Crippen molar-refractivity contribution in [1.29, 1.82) is 0 Å². The Bertz CT molecular complexity index is 1520. The highest BCUT2D eigenvalue weighted by molar-refractivity contribution is 7.12. The molecule has 0 spiro atoms. The number of hydrogen-bond donors (Lipinski definition) is 0. The normalized spacial score (nSPS) is 14.5. The summed E-state index contributed by atoms with van der Waals surface area (Å²) < 4.78 is 7.40. The largest absolute Gasteiger partial charge is 0.421 e. The Morgan fingerprint density at radius 2 is 1.87 bits per heavy atom. The molecule has 3 aromatic heterocycles. The lowest BCUT2D eigenvalue weighted by Gasteiger charge is -2.37. The average Bonchev–Trinajstić information content (AvgIpc) is 3.76. The van der Waals surface area contributed by atoms with Gasteiger partial charge in [0.2, 0.25) is 11.8 Å². The summed E-state index contributed by atoms with van der Waals surface area (Å²) in [7, 11) is 0. The van der Waals surface area contributed by atoms with Gasteiger partial charge >= 0.3 is 0 Å². The van der Waals surface area contributed by atoms with Gasteiger partial charge in [-0.2, -0.15) is 0 Å². The quantitative estimate of drug-likeness (QED) is 0.254. The van der Waals surface area contributed by atoms with Crippen molar-refractivity contribution in [2.45, 2.75) is 32.2 Å². The van der Waals surface area contributed by atoms with Gasteiger partial charge in [0, 0.05) is 50.4 Å². The zero-order valence-corrected chi connectivity index (χ0v) is 22.6. The fourth-order valence-electron chi connectivity index (χ4n) is 5.09. The van der Waals surface area contributed by atoms with Crippen molar-refractivity contribution >= 4 is 23.1 Å². The SMILES string of the molecule is Cc1nnc(-c2cccc(-n3ccc(N(C(=O)c4cccs4)C4CCN(CCc5ccccc5)CC4)n3)c2)o1. The van der Waals surface area contributed by atoms with E-state index in [4.69, 9.17) is 9.52 Å². The third-order valence-corrected chi connectivity index (χ3v) is 8.00. The fourth-order valence-corrected chi connectivity index (χ4v) is 5.75. The molecule has 0 N–H and O–H groups in total. The number of piperidine rings is 1. The van der Waals surface area contributed by atoms with Crippen LogP contribution in [-0.2, 0) is 6.42 Å². The summed E-state index contributed by atoms with van der Waals surface area (Å²) in [5, 5.41) is 14.9. The van der Waals surface area contributed by atoms with E-state index in [0.29, 0.717) is 17.6 Å². The smallest absolute Gasteiger partial charge is 0.269 e. The standard InChI is InChI=1S/C30H30N6O2S/c1-22-31-32-29(38-22)24-9-5-10-26(21-24)35-19-15-28(33-35)36(30(37)27-11-6-20-39-27)25-13-17-34(18-14-25)16-12-23-7-3-2-4-8-23/h2-11,15,19-21,25H,12-14,16-18H2,1H3. The van der Waals surface area contributed by atoms with Crippen LogP contribution in [0.4, 0.5) is 5.82 Å². The van der Waals surface area contributed by atoms with E-state index in [1.165, 1.54) is 16.9 Å². The van der Waals surface area contributed by atoms with Crippen molar-refractivity contribution < 1.29 is 9.21 Å². The van der Waals surface area contributed by atoms with E-state index in [2.05, 4.69) is 45.4 Å². The summed E-state index contributed by atoms with van der Waals surface area (Å²) in [5.74, 6) is 1.66. The Balaban J connectivity index is 1.20. The second-order valence-electron chi connectivity index (χ2n) is 9.76. The molecule has 1 fully saturated rings. The van der Waals surface area contributed by atoms with Crippen LogP contribution < -0.4 is 4.90 Å². The van der Waals surface area contributed by atoms with Crippen LogP contribution >= 0.6 is 11.3 Å². The van der Waals surface area contributed by atoms with E-state index >= 15 is 0 Å². The highest BCUT2D eigenvalue weighted by Gasteiger charge is 2.31. The maximum Gasteiger partial charge on any atom is 0.269 e. The highest BCUT2D eigenvalue weighted by Crippen LogP contribution is 2.28. The molecule has 39 heavy (non-hydrogen) atoms. The van der Waals surface area contributed by atoms with Crippen LogP contribution in [0.5, 0.6) is 0 Å². The maximum absolute atomic E-state index is 13.7. The molecule has 1 aliphatic rings. The predicted octanol–water partition coefficient (Wildman–Crippen LogP) is 5.65. The Labute approximate surface area is 231 Å². The number of anilines is 1. The molecule has 1 amide bonds. The Kier molecular flexibility index (Phi) is 7.33. The first-order chi connectivity index (χ1) is 19.1. The summed E-state index contributed by atoms with van der Waals surface area (Å²) in [6, 6.07) is 24.2. The van der Waals surface area contributed by atoms with Crippen LogP contribution in [0.2, 0.25) is 0 Å². The number of amides is 1. The van der Waals surface area contributed by atoms with Crippen molar-refractivity contribution in [3.05, 3.63) is 101 Å². The van der Waals surface area contributed by atoms with Gasteiger partial charge in [-0.25, -0.2) is 4.68 Å². The fraction of sp³-hybridized carbons (Fsp3) is 0.267. The van der Waals surface area contributed by atoms with E-state index in [-0.39, 0.29) is 11.9 Å². The van der Waals surface area contributed by atoms with Crippen molar-refractivity contribution in [2.24, 2.45) is 0 Å². The molecule has 9 heteroatoms. The Morgan fingerprint density at radius 1 is 1.03 bits per heavy atom. The molecule has 1 saturated heterocycles. The summed E-state index contributed by atoms with van der Waals surface area (Å²) in [6.45, 7) is 4.71. The summed E-state index contributed by atoms with van der Waals surface area (Å²) in [4.78, 5) is 18.9. The lowest BCUT2D eigenvalue weighted by molar-refractivity contribution is 0.0963. The van der Waals surface area contributed by atoms with Crippen LogP contribution in [0.3, 0.4) is 0 Å². The minimum atomic E-state index is 0.00747. The number of benzene rings is 2. The number of aryl methyl sites for hydroxylation is 1. The molecule has 6 rings (SSSR count). The molecule has 8 nitrogen and oxygen atoms in total. The van der Waals surface area contributed by atoms with Crippen LogP contribution in [0.1, 0.15) is 34.0 Å². The highest BCUT2D eigenvalue weighted by atomic mass is 32.1. The molecule has 4 heterocycles. The van der Waals surface area contributed by atoms with Crippen LogP contribution in [-0.4, -0.2) is 56.5 Å². The van der Waals surface area contributed by atoms with Crippen molar-refractivity contribution in [3.63, 3.8) is 0 Å². The third kappa shape index (κ3) is 5.69. The number of nitrogens with zero attached hydrogens (tertiary/aromatic N) is 6. The minimum Gasteiger partial charge on any atom is -0.421 e. The molecule has 0 radical (unpaired) electrons. The van der Waals surface area contributed by atoms with Crippen LogP contribution in [0.15, 0.2) is 88.8 Å². The van der Waals surface area contributed by atoms with Gasteiger partial charge < -0.3 is 9.32 Å². The van der Waals surface area contributed by atoms with E-state index in [9.17, 15) is 4.79 Å². The lowest BCUT2D eigenvalue weighted by Crippen LogP contribution is -2.48. The molecule has 0 aliphatic carbocycles. The van der Waals surface area contributed by atoms with Gasteiger partial charge in [-0.05, 0) is 54.5 Å². The molecule has 2 aromatic carbocycles. The summed E-state index contributed by atoms with van der Waals surface area (Å²) >= 11 is 1.47. The monoisotopic (exact) mass is 538 g/mol. The lowest BCUT2D eigenvalue weighted by atomic mass is 10.0. The van der Waals surface area contributed by atoms with Crippen molar-refractivity contribution in [1.82, 2.24) is 24.9 Å². The Morgan fingerprint density at radius 3 is 2.62 bits per heavy atom. The van der Waals surface area contributed by atoms with Gasteiger partial charge in [0.05, 0.1) is 10.6 Å². The summed E-state index contributed by atoms with van der Waals surface area (Å²) in [5.41, 5.74) is 3.03. The number of carbonyl (C=O) groups excluding carboxylic acids is 1. The van der Waals surface area contributed by atoms with Gasteiger partial charge in [0.15, 0.2) is 5.82 Å². The number of thiophene rings is 1. The van der Waals surface area contributed by atoms with Gasteiger partial charge in [-0.15, -0.1) is 26.6 Å². The zero-order chi connectivity index (χ0) is 26.6. The molecule has 1 aliphatic heterocycles. The average molecular weight is 539 g/mol. The molecule has 198 valence electrons. The number of hydrogen-bond acceptors (Lipinski definition) is 7. The molecular weight excluding hydrogens is 508 g/mol. The summed E-state index contributed by atoms with van der Waals surface area (Å²) in [6.07, 6.45) is 4.75. The second kappa shape index (κ2) is 11.3. The molecule has 0 bridgehead atoms.